The number of carboxylic acids is 1. The van der Waals surface area contributed by atoms with Gasteiger partial charge in [-0.15, -0.1) is 11.3 Å². The van der Waals surface area contributed by atoms with Crippen LogP contribution in [0.2, 0.25) is 0 Å². The number of hydrogen-bond acceptors (Lipinski definition) is 4. The van der Waals surface area contributed by atoms with E-state index >= 15 is 0 Å². The first-order valence-electron chi connectivity index (χ1n) is 7.32. The third kappa shape index (κ3) is 4.04. The number of aliphatic carboxylic acids is 1. The Kier molecular flexibility index (Phi) is 5.36. The van der Waals surface area contributed by atoms with Crippen molar-refractivity contribution in [3.05, 3.63) is 21.4 Å². The summed E-state index contributed by atoms with van der Waals surface area (Å²) in [7, 11) is 0. The Hall–Kier alpha value is -1.40. The molecule has 1 heterocycles. The van der Waals surface area contributed by atoms with Gasteiger partial charge >= 0.3 is 5.97 Å². The molecular formula is C15H21NO4S. The van der Waals surface area contributed by atoms with Crippen molar-refractivity contribution < 1.29 is 19.8 Å². The Morgan fingerprint density at radius 2 is 2.29 bits per heavy atom. The Labute approximate surface area is 128 Å². The number of carbonyl (C=O) groups is 2. The summed E-state index contributed by atoms with van der Waals surface area (Å²) in [4.78, 5) is 24.5. The third-order valence-corrected chi connectivity index (χ3v) is 5.21. The predicted molar refractivity (Wildman–Crippen MR) is 80.7 cm³/mol. The molecule has 2 atom stereocenters. The molecule has 1 aliphatic carbocycles. The van der Waals surface area contributed by atoms with E-state index in [-0.39, 0.29) is 18.9 Å². The molecule has 5 nitrogen and oxygen atoms in total. The number of hydrogen-bond donors (Lipinski definition) is 3. The highest BCUT2D eigenvalue weighted by molar-refractivity contribution is 7.14. The predicted octanol–water partition coefficient (Wildman–Crippen LogP) is 1.83. The van der Waals surface area contributed by atoms with Crippen molar-refractivity contribution in [2.75, 3.05) is 6.54 Å². The summed E-state index contributed by atoms with van der Waals surface area (Å²) in [5.74, 6) is -0.727. The summed E-state index contributed by atoms with van der Waals surface area (Å²) in [6.07, 6.45) is 3.05. The van der Waals surface area contributed by atoms with Crippen molar-refractivity contribution in [1.82, 2.24) is 5.32 Å². The van der Waals surface area contributed by atoms with Crippen LogP contribution in [0.4, 0.5) is 0 Å². The van der Waals surface area contributed by atoms with Crippen LogP contribution in [0.3, 0.4) is 0 Å². The molecular weight excluding hydrogens is 290 g/mol. The van der Waals surface area contributed by atoms with Crippen molar-refractivity contribution >= 4 is 23.2 Å². The average Bonchev–Trinajstić information content (AvgIpc) is 2.89. The van der Waals surface area contributed by atoms with Gasteiger partial charge in [-0.05, 0) is 36.8 Å². The fourth-order valence-electron chi connectivity index (χ4n) is 2.59. The molecule has 1 aliphatic rings. The van der Waals surface area contributed by atoms with E-state index in [1.54, 1.807) is 0 Å². The van der Waals surface area contributed by atoms with Crippen LogP contribution in [-0.4, -0.2) is 34.7 Å². The fraction of sp³-hybridized carbons (Fsp3) is 0.600. The molecule has 3 N–H and O–H groups in total. The minimum atomic E-state index is -1.42. The number of carbonyl (C=O) groups excluding carboxylic acids is 1. The van der Waals surface area contributed by atoms with Gasteiger partial charge in [0.25, 0.3) is 5.91 Å². The van der Waals surface area contributed by atoms with Crippen molar-refractivity contribution in [2.24, 2.45) is 5.92 Å². The first-order valence-corrected chi connectivity index (χ1v) is 8.13. The number of aliphatic hydroxyl groups excluding tert-OH is 1. The number of carboxylic acid groups (broad SMARTS) is 1. The summed E-state index contributed by atoms with van der Waals surface area (Å²) in [6, 6.07) is 1.96. The van der Waals surface area contributed by atoms with Gasteiger partial charge in [0.05, 0.1) is 4.88 Å². The van der Waals surface area contributed by atoms with E-state index in [9.17, 15) is 9.59 Å². The van der Waals surface area contributed by atoms with E-state index in [0.29, 0.717) is 10.8 Å². The zero-order chi connectivity index (χ0) is 15.4. The third-order valence-electron chi connectivity index (χ3n) is 3.97. The Bertz CT molecular complexity index is 526. The normalized spacial score (nSPS) is 18.9. The summed E-state index contributed by atoms with van der Waals surface area (Å²) in [6.45, 7) is 2.36. The lowest BCUT2D eigenvalue weighted by atomic mass is 9.87. The van der Waals surface area contributed by atoms with Crippen molar-refractivity contribution in [1.29, 1.82) is 0 Å². The number of aryl methyl sites for hydroxylation is 1. The molecule has 1 aromatic heterocycles. The van der Waals surface area contributed by atoms with Gasteiger partial charge in [-0.25, -0.2) is 4.79 Å². The van der Waals surface area contributed by atoms with Gasteiger partial charge in [-0.1, -0.05) is 13.3 Å². The first-order chi connectivity index (χ1) is 10.0. The number of amides is 1. The summed E-state index contributed by atoms with van der Waals surface area (Å²) >= 11 is 1.53. The van der Waals surface area contributed by atoms with Crippen molar-refractivity contribution in [3.63, 3.8) is 0 Å². The molecule has 2 rings (SSSR count). The van der Waals surface area contributed by atoms with Gasteiger partial charge < -0.3 is 15.5 Å². The molecule has 0 aromatic carbocycles. The minimum absolute atomic E-state index is 0.0179. The second-order valence-corrected chi connectivity index (χ2v) is 6.61. The fourth-order valence-corrected chi connectivity index (χ4v) is 3.72. The van der Waals surface area contributed by atoms with E-state index in [0.717, 1.165) is 12.8 Å². The number of aliphatic hydroxyl groups is 1. The van der Waals surface area contributed by atoms with Crippen molar-refractivity contribution in [3.8, 4) is 0 Å². The number of fused-ring (bicyclic) bond motifs is 1. The monoisotopic (exact) mass is 311 g/mol. The largest absolute Gasteiger partial charge is 0.479 e. The molecule has 0 fully saturated rings. The standard InChI is InChI=1S/C15H21NO4S/c1-2-9-3-4-12-10(7-9)8-13(21-12)14(18)16-6-5-11(17)15(19)20/h8-9,11,17H,2-7H2,1H3,(H,16,18)(H,19,20)/t9?,11-/m0/s1. The Morgan fingerprint density at radius 3 is 2.95 bits per heavy atom. The highest BCUT2D eigenvalue weighted by Crippen LogP contribution is 2.33. The van der Waals surface area contributed by atoms with Crippen molar-refractivity contribution in [2.45, 2.75) is 45.1 Å². The van der Waals surface area contributed by atoms with Crippen LogP contribution in [0, 0.1) is 5.92 Å². The summed E-state index contributed by atoms with van der Waals surface area (Å²) in [5, 5.41) is 20.4. The number of thiophene rings is 1. The van der Waals surface area contributed by atoms with E-state index < -0.39 is 12.1 Å². The second-order valence-electron chi connectivity index (χ2n) is 5.47. The molecule has 0 bridgehead atoms. The highest BCUT2D eigenvalue weighted by Gasteiger charge is 2.22. The van der Waals surface area contributed by atoms with Crippen LogP contribution in [0.5, 0.6) is 0 Å². The smallest absolute Gasteiger partial charge is 0.332 e. The van der Waals surface area contributed by atoms with Gasteiger partial charge in [-0.3, -0.25) is 4.79 Å². The molecule has 1 amide bonds. The molecule has 0 radical (unpaired) electrons. The van der Waals surface area contributed by atoms with E-state index in [4.69, 9.17) is 10.2 Å². The van der Waals surface area contributed by atoms with Crippen LogP contribution < -0.4 is 5.32 Å². The molecule has 0 saturated heterocycles. The molecule has 1 aromatic rings. The highest BCUT2D eigenvalue weighted by atomic mass is 32.1. The van der Waals surface area contributed by atoms with Gasteiger partial charge in [0.15, 0.2) is 6.10 Å². The number of rotatable bonds is 6. The van der Waals surface area contributed by atoms with Crippen LogP contribution in [0.1, 0.15) is 46.3 Å². The average molecular weight is 311 g/mol. The Morgan fingerprint density at radius 1 is 1.52 bits per heavy atom. The topological polar surface area (TPSA) is 86.6 Å². The maximum atomic E-state index is 12.0. The van der Waals surface area contributed by atoms with Crippen LogP contribution in [-0.2, 0) is 17.6 Å². The molecule has 6 heteroatoms. The van der Waals surface area contributed by atoms with Gasteiger partial charge in [0, 0.05) is 17.8 Å². The zero-order valence-electron chi connectivity index (χ0n) is 12.1. The molecule has 116 valence electrons. The molecule has 0 saturated carbocycles. The first kappa shape index (κ1) is 16.0. The second kappa shape index (κ2) is 7.04. The van der Waals surface area contributed by atoms with Gasteiger partial charge in [0.1, 0.15) is 0 Å². The van der Waals surface area contributed by atoms with Crippen LogP contribution in [0.15, 0.2) is 6.07 Å². The van der Waals surface area contributed by atoms with Gasteiger partial charge in [-0.2, -0.15) is 0 Å². The van der Waals surface area contributed by atoms with E-state index in [2.05, 4.69) is 12.2 Å². The van der Waals surface area contributed by atoms with Crippen LogP contribution in [0.25, 0.3) is 0 Å². The molecule has 0 spiro atoms. The molecule has 21 heavy (non-hydrogen) atoms. The van der Waals surface area contributed by atoms with E-state index in [1.165, 1.54) is 34.6 Å². The Balaban J connectivity index is 1.89. The number of nitrogens with one attached hydrogen (secondary N) is 1. The maximum Gasteiger partial charge on any atom is 0.332 e. The zero-order valence-corrected chi connectivity index (χ0v) is 12.9. The molecule has 1 unspecified atom stereocenters. The quantitative estimate of drug-likeness (QED) is 0.748. The summed E-state index contributed by atoms with van der Waals surface area (Å²) < 4.78 is 0. The maximum absolute atomic E-state index is 12.0. The van der Waals surface area contributed by atoms with E-state index in [1.807, 2.05) is 6.07 Å². The van der Waals surface area contributed by atoms with Crippen LogP contribution >= 0.6 is 11.3 Å². The summed E-state index contributed by atoms with van der Waals surface area (Å²) in [5.41, 5.74) is 1.29. The van der Waals surface area contributed by atoms with Gasteiger partial charge in [0.2, 0.25) is 0 Å². The lowest BCUT2D eigenvalue weighted by Crippen LogP contribution is -2.29. The SMILES string of the molecule is CCC1CCc2sc(C(=O)NCC[C@H](O)C(=O)O)cc2C1. The minimum Gasteiger partial charge on any atom is -0.479 e. The molecule has 0 aliphatic heterocycles. The lowest BCUT2D eigenvalue weighted by molar-refractivity contribution is -0.146. The lowest BCUT2D eigenvalue weighted by Gasteiger charge is -2.19.